The number of H-pyrrole nitrogens is 1. The Labute approximate surface area is 194 Å². The van der Waals surface area contributed by atoms with Crippen molar-refractivity contribution in [3.05, 3.63) is 36.2 Å². The Morgan fingerprint density at radius 3 is 2.71 bits per heavy atom. The molecule has 34 heavy (non-hydrogen) atoms. The van der Waals surface area contributed by atoms with Crippen LogP contribution in [0.4, 0.5) is 15.9 Å². The lowest BCUT2D eigenvalue weighted by Gasteiger charge is -2.31. The van der Waals surface area contributed by atoms with Crippen molar-refractivity contribution >= 4 is 33.4 Å². The van der Waals surface area contributed by atoms with Crippen LogP contribution >= 0.6 is 0 Å². The van der Waals surface area contributed by atoms with Crippen molar-refractivity contribution in [2.75, 3.05) is 23.8 Å². The van der Waals surface area contributed by atoms with Gasteiger partial charge in [-0.3, -0.25) is 0 Å². The van der Waals surface area contributed by atoms with E-state index >= 15 is 0 Å². The number of fused-ring (bicyclic) bond motifs is 5. The Balaban J connectivity index is 1.50. The molecule has 4 atom stereocenters. The molecule has 4 heterocycles. The Morgan fingerprint density at radius 2 is 2.06 bits per heavy atom. The van der Waals surface area contributed by atoms with E-state index < -0.39 is 6.10 Å². The van der Waals surface area contributed by atoms with Crippen LogP contribution in [0.5, 0.6) is 11.8 Å². The van der Waals surface area contributed by atoms with E-state index in [2.05, 4.69) is 30.2 Å². The molecule has 2 bridgehead atoms. The van der Waals surface area contributed by atoms with Crippen LogP contribution in [0.15, 0.2) is 24.5 Å². The Morgan fingerprint density at radius 1 is 1.26 bits per heavy atom. The smallest absolute Gasteiger partial charge is 0.326 e. The third-order valence-corrected chi connectivity index (χ3v) is 6.85. The van der Waals surface area contributed by atoms with Crippen molar-refractivity contribution < 1.29 is 14.2 Å². The van der Waals surface area contributed by atoms with Crippen molar-refractivity contribution in [1.29, 1.82) is 0 Å². The van der Waals surface area contributed by atoms with Crippen LogP contribution < -0.4 is 20.7 Å². The van der Waals surface area contributed by atoms with Crippen LogP contribution in [0.3, 0.4) is 0 Å². The molecule has 0 radical (unpaired) electrons. The summed E-state index contributed by atoms with van der Waals surface area (Å²) in [6, 6.07) is 3.53. The second kappa shape index (κ2) is 7.74. The number of nitrogens with two attached hydrogens (primary N) is 1. The quantitative estimate of drug-likeness (QED) is 0.351. The monoisotopic (exact) mass is 464 g/mol. The molecule has 0 spiro atoms. The van der Waals surface area contributed by atoms with Crippen LogP contribution in [0, 0.1) is 11.7 Å². The lowest BCUT2D eigenvalue weighted by molar-refractivity contribution is 0.188. The Hall–Kier alpha value is -3.57. The van der Waals surface area contributed by atoms with Crippen LogP contribution in [0.25, 0.3) is 21.9 Å². The Kier molecular flexibility index (Phi) is 4.78. The number of halogens is 1. The van der Waals surface area contributed by atoms with Gasteiger partial charge in [-0.1, -0.05) is 0 Å². The lowest BCUT2D eigenvalue weighted by atomic mass is 10.0. The normalized spacial score (nSPS) is 22.6. The number of aromatic amines is 1. The van der Waals surface area contributed by atoms with E-state index in [9.17, 15) is 9.50 Å². The number of aromatic nitrogens is 5. The standard InChI is InChI=1S/C23H25FN8O2/c1-10(33)20-27-7-14(8-28-20)34-23-30-21-18(15-4-12(24)5-17(26-2)19(15)29-21)22(31-23)32-9-11-3-13(32)6-16(11)25/h4-5,7-8,10-11,13,16,26,33H,3,6,9,25H2,1-2H3,(H,29,30,31). The highest BCUT2D eigenvalue weighted by atomic mass is 19.1. The molecule has 1 saturated carbocycles. The number of benzene rings is 1. The van der Waals surface area contributed by atoms with Gasteiger partial charge >= 0.3 is 6.01 Å². The first-order valence-corrected chi connectivity index (χ1v) is 11.3. The highest BCUT2D eigenvalue weighted by Crippen LogP contribution is 2.44. The fraction of sp³-hybridized carbons (Fsp3) is 0.391. The van der Waals surface area contributed by atoms with Gasteiger partial charge in [0.05, 0.1) is 29.0 Å². The predicted octanol–water partition coefficient (Wildman–Crippen LogP) is 2.85. The van der Waals surface area contributed by atoms with Crippen molar-refractivity contribution in [2.24, 2.45) is 11.7 Å². The molecule has 0 amide bonds. The molecule has 1 aliphatic heterocycles. The zero-order valence-electron chi connectivity index (χ0n) is 18.8. The van der Waals surface area contributed by atoms with Crippen LogP contribution in [0.2, 0.25) is 0 Å². The Bertz CT molecular complexity index is 1390. The minimum atomic E-state index is -0.779. The maximum atomic E-state index is 14.5. The molecule has 1 saturated heterocycles. The van der Waals surface area contributed by atoms with Gasteiger partial charge in [0, 0.05) is 31.1 Å². The van der Waals surface area contributed by atoms with Crippen molar-refractivity contribution in [3.8, 4) is 11.8 Å². The highest BCUT2D eigenvalue weighted by molar-refractivity contribution is 6.14. The number of rotatable bonds is 5. The average molecular weight is 465 g/mol. The van der Waals surface area contributed by atoms with E-state index in [1.165, 1.54) is 24.5 Å². The van der Waals surface area contributed by atoms with Gasteiger partial charge in [-0.05, 0) is 37.8 Å². The van der Waals surface area contributed by atoms with Crippen molar-refractivity contribution in [1.82, 2.24) is 24.9 Å². The van der Waals surface area contributed by atoms with Crippen LogP contribution in [0.1, 0.15) is 31.7 Å². The van der Waals surface area contributed by atoms with Gasteiger partial charge in [0.25, 0.3) is 0 Å². The average Bonchev–Trinajstić information content (AvgIpc) is 3.50. The second-order valence-corrected chi connectivity index (χ2v) is 9.06. The summed E-state index contributed by atoms with van der Waals surface area (Å²) in [5.74, 6) is 1.39. The van der Waals surface area contributed by atoms with E-state index in [0.717, 1.165) is 30.3 Å². The number of piperidine rings is 1. The SMILES string of the molecule is CNc1cc(F)cc2c1[nH]c1nc(Oc3cnc(C(C)O)nc3)nc(N3CC4CC3CC4N)c12. The number of nitrogens with one attached hydrogen (secondary N) is 2. The van der Waals surface area contributed by atoms with E-state index in [0.29, 0.717) is 40.0 Å². The minimum absolute atomic E-state index is 0.126. The fourth-order valence-corrected chi connectivity index (χ4v) is 5.23. The number of hydrogen-bond acceptors (Lipinski definition) is 9. The number of aliphatic hydroxyl groups excluding tert-OH is 1. The summed E-state index contributed by atoms with van der Waals surface area (Å²) < 4.78 is 20.4. The molecule has 1 aromatic carbocycles. The molecule has 2 fully saturated rings. The highest BCUT2D eigenvalue weighted by Gasteiger charge is 2.44. The van der Waals surface area contributed by atoms with Gasteiger partial charge in [-0.15, -0.1) is 0 Å². The molecule has 3 aromatic heterocycles. The molecule has 10 nitrogen and oxygen atoms in total. The first-order valence-electron chi connectivity index (χ1n) is 11.3. The van der Waals surface area contributed by atoms with Crippen molar-refractivity contribution in [2.45, 2.75) is 38.0 Å². The summed E-state index contributed by atoms with van der Waals surface area (Å²) in [6.07, 6.45) is 4.06. The molecule has 2 aliphatic rings. The number of aliphatic hydroxyl groups is 1. The van der Waals surface area contributed by atoms with Crippen LogP contribution in [-0.2, 0) is 0 Å². The fourth-order valence-electron chi connectivity index (χ4n) is 5.23. The number of anilines is 2. The summed E-state index contributed by atoms with van der Waals surface area (Å²) in [5.41, 5.74) is 8.21. The summed E-state index contributed by atoms with van der Waals surface area (Å²) in [6.45, 7) is 2.37. The lowest BCUT2D eigenvalue weighted by Crippen LogP contribution is -2.41. The van der Waals surface area contributed by atoms with Gasteiger partial charge in [0.2, 0.25) is 0 Å². The van der Waals surface area contributed by atoms with E-state index in [-0.39, 0.29) is 23.9 Å². The maximum absolute atomic E-state index is 14.5. The third-order valence-electron chi connectivity index (χ3n) is 6.85. The first-order chi connectivity index (χ1) is 16.4. The third kappa shape index (κ3) is 3.31. The molecule has 6 rings (SSSR count). The zero-order valence-corrected chi connectivity index (χ0v) is 18.8. The minimum Gasteiger partial charge on any atom is -0.421 e. The molecule has 4 unspecified atom stereocenters. The summed E-state index contributed by atoms with van der Waals surface area (Å²) in [4.78, 5) is 23.2. The van der Waals surface area contributed by atoms with Gasteiger partial charge in [0.1, 0.15) is 23.4 Å². The van der Waals surface area contributed by atoms with Gasteiger partial charge in [-0.2, -0.15) is 9.97 Å². The van der Waals surface area contributed by atoms with Gasteiger partial charge in [-0.25, -0.2) is 14.4 Å². The summed E-state index contributed by atoms with van der Waals surface area (Å²) in [5, 5.41) is 14.1. The van der Waals surface area contributed by atoms with E-state index in [4.69, 9.17) is 15.5 Å². The van der Waals surface area contributed by atoms with Gasteiger partial charge in [0.15, 0.2) is 11.6 Å². The van der Waals surface area contributed by atoms with Crippen molar-refractivity contribution in [3.63, 3.8) is 0 Å². The zero-order chi connectivity index (χ0) is 23.6. The number of hydrogen-bond donors (Lipinski definition) is 4. The predicted molar refractivity (Wildman–Crippen MR) is 125 cm³/mol. The second-order valence-electron chi connectivity index (χ2n) is 9.06. The molecule has 176 valence electrons. The van der Waals surface area contributed by atoms with E-state index in [1.54, 1.807) is 14.0 Å². The number of nitrogens with zero attached hydrogens (tertiary/aromatic N) is 5. The first kappa shape index (κ1) is 21.0. The molecular formula is C23H25FN8O2. The topological polar surface area (TPSA) is 138 Å². The largest absolute Gasteiger partial charge is 0.421 e. The molecule has 1 aliphatic carbocycles. The number of ether oxygens (including phenoxy) is 1. The van der Waals surface area contributed by atoms with E-state index in [1.807, 2.05) is 0 Å². The summed E-state index contributed by atoms with van der Waals surface area (Å²) >= 11 is 0. The van der Waals surface area contributed by atoms with Crippen LogP contribution in [-0.4, -0.2) is 55.7 Å². The van der Waals surface area contributed by atoms with Gasteiger partial charge < -0.3 is 30.8 Å². The molecular weight excluding hydrogens is 439 g/mol. The summed E-state index contributed by atoms with van der Waals surface area (Å²) in [7, 11) is 1.75. The molecule has 4 aromatic rings. The maximum Gasteiger partial charge on any atom is 0.326 e. The molecule has 5 N–H and O–H groups in total. The molecule has 11 heteroatoms.